The Bertz CT molecular complexity index is 433. The Hall–Kier alpha value is -1.46. The zero-order valence-corrected chi connectivity index (χ0v) is 11.1. The van der Waals surface area contributed by atoms with Crippen LogP contribution in [0.3, 0.4) is 0 Å². The Morgan fingerprint density at radius 3 is 3.11 bits per heavy atom. The first-order chi connectivity index (χ1) is 9.13. The molecule has 1 aliphatic rings. The monoisotopic (exact) mass is 266 g/mol. The Labute approximate surface area is 112 Å². The number of carbonyl (C=O) groups excluding carboxylic acids is 1. The summed E-state index contributed by atoms with van der Waals surface area (Å²) in [4.78, 5) is 13.7. The number of hydrogen-bond donors (Lipinski definition) is 1. The van der Waals surface area contributed by atoms with Gasteiger partial charge >= 0.3 is 0 Å². The van der Waals surface area contributed by atoms with Crippen molar-refractivity contribution >= 4 is 11.6 Å². The number of amides is 1. The number of likely N-dealkylation sites (N-methyl/N-ethyl adjacent to an activating group) is 1. The molecule has 0 radical (unpaired) electrons. The standard InChI is InChI=1S/C14H19FN2O2/c1-17(9-13-6-3-7-19-13)10-14(18)16-12-5-2-4-11(15)8-12/h2,4-5,8,13H,3,6-7,9-10H2,1H3,(H,16,18). The molecule has 1 amide bonds. The maximum atomic E-state index is 13.0. The van der Waals surface area contributed by atoms with Crippen LogP contribution in [-0.4, -0.2) is 43.7 Å². The summed E-state index contributed by atoms with van der Waals surface area (Å²) in [6.45, 7) is 1.83. The van der Waals surface area contributed by atoms with Crippen molar-refractivity contribution in [2.24, 2.45) is 0 Å². The van der Waals surface area contributed by atoms with Crippen LogP contribution < -0.4 is 5.32 Å². The number of carbonyl (C=O) groups is 1. The van der Waals surface area contributed by atoms with E-state index < -0.39 is 0 Å². The molecule has 4 nitrogen and oxygen atoms in total. The molecule has 1 fully saturated rings. The molecular formula is C14H19FN2O2. The van der Waals surface area contributed by atoms with Crippen LogP contribution >= 0.6 is 0 Å². The van der Waals surface area contributed by atoms with Gasteiger partial charge in [-0.05, 0) is 38.1 Å². The first-order valence-corrected chi connectivity index (χ1v) is 6.49. The summed E-state index contributed by atoms with van der Waals surface area (Å²) in [6, 6.07) is 5.89. The quantitative estimate of drug-likeness (QED) is 0.884. The first kappa shape index (κ1) is 14.0. The fourth-order valence-electron chi connectivity index (χ4n) is 2.21. The van der Waals surface area contributed by atoms with Crippen molar-refractivity contribution in [3.63, 3.8) is 0 Å². The molecule has 1 aromatic carbocycles. The molecule has 104 valence electrons. The van der Waals surface area contributed by atoms with E-state index in [1.54, 1.807) is 12.1 Å². The highest BCUT2D eigenvalue weighted by molar-refractivity contribution is 5.92. The van der Waals surface area contributed by atoms with Crippen LogP contribution in [0.5, 0.6) is 0 Å². The van der Waals surface area contributed by atoms with Gasteiger partial charge in [-0.15, -0.1) is 0 Å². The molecule has 2 rings (SSSR count). The second kappa shape index (κ2) is 6.63. The lowest BCUT2D eigenvalue weighted by molar-refractivity contribution is -0.117. The van der Waals surface area contributed by atoms with Gasteiger partial charge in [0, 0.05) is 18.8 Å². The number of rotatable bonds is 5. The van der Waals surface area contributed by atoms with Crippen molar-refractivity contribution in [1.82, 2.24) is 4.90 Å². The zero-order valence-electron chi connectivity index (χ0n) is 11.1. The highest BCUT2D eigenvalue weighted by Crippen LogP contribution is 2.13. The van der Waals surface area contributed by atoms with Gasteiger partial charge in [-0.25, -0.2) is 4.39 Å². The maximum Gasteiger partial charge on any atom is 0.238 e. The van der Waals surface area contributed by atoms with Crippen molar-refractivity contribution in [3.8, 4) is 0 Å². The lowest BCUT2D eigenvalue weighted by Crippen LogP contribution is -2.35. The number of hydrogen-bond acceptors (Lipinski definition) is 3. The normalized spacial score (nSPS) is 18.8. The van der Waals surface area contributed by atoms with Crippen LogP contribution in [0.4, 0.5) is 10.1 Å². The molecule has 1 heterocycles. The Balaban J connectivity index is 1.77. The largest absolute Gasteiger partial charge is 0.377 e. The van der Waals surface area contributed by atoms with Crippen LogP contribution in [0, 0.1) is 5.82 Å². The lowest BCUT2D eigenvalue weighted by Gasteiger charge is -2.19. The van der Waals surface area contributed by atoms with Crippen molar-refractivity contribution in [2.45, 2.75) is 18.9 Å². The molecular weight excluding hydrogens is 247 g/mol. The van der Waals surface area contributed by atoms with E-state index in [9.17, 15) is 9.18 Å². The first-order valence-electron chi connectivity index (χ1n) is 6.49. The van der Waals surface area contributed by atoms with E-state index in [-0.39, 0.29) is 24.4 Å². The second-order valence-corrected chi connectivity index (χ2v) is 4.89. The predicted octanol–water partition coefficient (Wildman–Crippen LogP) is 1.87. The Kier molecular flexibility index (Phi) is 4.87. The minimum absolute atomic E-state index is 0.147. The van der Waals surface area contributed by atoms with Crippen LogP contribution in [0.2, 0.25) is 0 Å². The predicted molar refractivity (Wildman–Crippen MR) is 71.5 cm³/mol. The van der Waals surface area contributed by atoms with Gasteiger partial charge in [-0.2, -0.15) is 0 Å². The second-order valence-electron chi connectivity index (χ2n) is 4.89. The third-order valence-corrected chi connectivity index (χ3v) is 3.06. The van der Waals surface area contributed by atoms with Gasteiger partial charge in [-0.3, -0.25) is 9.69 Å². The zero-order chi connectivity index (χ0) is 13.7. The van der Waals surface area contributed by atoms with Crippen molar-refractivity contribution in [3.05, 3.63) is 30.1 Å². The van der Waals surface area contributed by atoms with E-state index in [0.29, 0.717) is 5.69 Å². The van der Waals surface area contributed by atoms with E-state index >= 15 is 0 Å². The van der Waals surface area contributed by atoms with Crippen molar-refractivity contribution in [1.29, 1.82) is 0 Å². The van der Waals surface area contributed by atoms with Gasteiger partial charge < -0.3 is 10.1 Å². The average molecular weight is 266 g/mol. The number of halogens is 1. The SMILES string of the molecule is CN(CC(=O)Nc1cccc(F)c1)CC1CCCO1. The van der Waals surface area contributed by atoms with E-state index in [0.717, 1.165) is 26.0 Å². The van der Waals surface area contributed by atoms with Gasteiger partial charge in [0.2, 0.25) is 5.91 Å². The highest BCUT2D eigenvalue weighted by Gasteiger charge is 2.18. The lowest BCUT2D eigenvalue weighted by atomic mass is 10.2. The summed E-state index contributed by atoms with van der Waals surface area (Å²) in [5.41, 5.74) is 0.482. The van der Waals surface area contributed by atoms with Crippen LogP contribution in [0.1, 0.15) is 12.8 Å². The fourth-order valence-corrected chi connectivity index (χ4v) is 2.21. The minimum atomic E-state index is -0.356. The van der Waals surface area contributed by atoms with Crippen LogP contribution in [-0.2, 0) is 9.53 Å². The van der Waals surface area contributed by atoms with Crippen molar-refractivity contribution < 1.29 is 13.9 Å². The topological polar surface area (TPSA) is 41.6 Å². The Morgan fingerprint density at radius 1 is 1.58 bits per heavy atom. The highest BCUT2D eigenvalue weighted by atomic mass is 19.1. The number of nitrogens with zero attached hydrogens (tertiary/aromatic N) is 1. The molecule has 1 unspecified atom stereocenters. The molecule has 1 N–H and O–H groups in total. The van der Waals surface area contributed by atoms with Gasteiger partial charge in [-0.1, -0.05) is 6.07 Å². The van der Waals surface area contributed by atoms with Gasteiger partial charge in [0.25, 0.3) is 0 Å². The molecule has 1 aliphatic heterocycles. The summed E-state index contributed by atoms with van der Waals surface area (Å²) in [5, 5.41) is 2.68. The van der Waals surface area contributed by atoms with E-state index in [1.807, 2.05) is 11.9 Å². The molecule has 0 saturated carbocycles. The number of benzene rings is 1. The molecule has 0 spiro atoms. The molecule has 0 aliphatic carbocycles. The molecule has 19 heavy (non-hydrogen) atoms. The maximum absolute atomic E-state index is 13.0. The molecule has 0 aromatic heterocycles. The fraction of sp³-hybridized carbons (Fsp3) is 0.500. The summed E-state index contributed by atoms with van der Waals surface area (Å²) in [5.74, 6) is -0.503. The average Bonchev–Trinajstić information content (AvgIpc) is 2.81. The molecule has 1 atom stereocenters. The van der Waals surface area contributed by atoms with Gasteiger partial charge in [0.1, 0.15) is 5.82 Å². The third-order valence-electron chi connectivity index (χ3n) is 3.06. The van der Waals surface area contributed by atoms with Gasteiger partial charge in [0.05, 0.1) is 12.6 Å². The molecule has 1 saturated heterocycles. The summed E-state index contributed by atoms with van der Waals surface area (Å²) in [7, 11) is 1.88. The summed E-state index contributed by atoms with van der Waals surface area (Å²) < 4.78 is 18.5. The van der Waals surface area contributed by atoms with E-state index in [2.05, 4.69) is 5.32 Å². The van der Waals surface area contributed by atoms with Crippen LogP contribution in [0.15, 0.2) is 24.3 Å². The van der Waals surface area contributed by atoms with Crippen molar-refractivity contribution in [2.75, 3.05) is 32.1 Å². The molecule has 1 aromatic rings. The number of nitrogens with one attached hydrogen (secondary N) is 1. The van der Waals surface area contributed by atoms with Gasteiger partial charge in [0.15, 0.2) is 0 Å². The third kappa shape index (κ3) is 4.61. The Morgan fingerprint density at radius 2 is 2.42 bits per heavy atom. The summed E-state index contributed by atoms with van der Waals surface area (Å²) in [6.07, 6.45) is 2.37. The number of ether oxygens (including phenoxy) is 1. The van der Waals surface area contributed by atoms with Crippen LogP contribution in [0.25, 0.3) is 0 Å². The smallest absolute Gasteiger partial charge is 0.238 e. The molecule has 0 bridgehead atoms. The van der Waals surface area contributed by atoms with E-state index in [4.69, 9.17) is 4.74 Å². The van der Waals surface area contributed by atoms with E-state index in [1.165, 1.54) is 12.1 Å². The minimum Gasteiger partial charge on any atom is -0.377 e. The molecule has 5 heteroatoms. The summed E-state index contributed by atoms with van der Waals surface area (Å²) >= 11 is 0. The number of anilines is 1.